The number of hydrogen-bond donors (Lipinski definition) is 1. The van der Waals surface area contributed by atoms with Gasteiger partial charge in [-0.05, 0) is 27.2 Å². The van der Waals surface area contributed by atoms with Gasteiger partial charge in [0.1, 0.15) is 0 Å². The van der Waals surface area contributed by atoms with Gasteiger partial charge >= 0.3 is 8.80 Å². The summed E-state index contributed by atoms with van der Waals surface area (Å²) in [6.07, 6.45) is 2.99. The van der Waals surface area contributed by atoms with Crippen molar-refractivity contribution in [2.24, 2.45) is 4.99 Å². The van der Waals surface area contributed by atoms with E-state index in [2.05, 4.69) is 4.99 Å². The third-order valence-corrected chi connectivity index (χ3v) is 5.06. The molecule has 0 spiro atoms. The molecule has 0 aliphatic heterocycles. The first-order valence-electron chi connectivity index (χ1n) is 6.15. The summed E-state index contributed by atoms with van der Waals surface area (Å²) in [5.74, 6) is 0. The van der Waals surface area contributed by atoms with Crippen LogP contribution in [0.1, 0.15) is 27.2 Å². The van der Waals surface area contributed by atoms with Crippen molar-refractivity contribution in [2.45, 2.75) is 33.2 Å². The highest BCUT2D eigenvalue weighted by molar-refractivity contribution is 6.60. The lowest BCUT2D eigenvalue weighted by atomic mass is 10.5. The largest absolute Gasteiger partial charge is 0.500 e. The zero-order chi connectivity index (χ0) is 15.0. The lowest BCUT2D eigenvalue weighted by Crippen LogP contribution is -2.46. The Kier molecular flexibility index (Phi) is 15.8. The van der Waals surface area contributed by atoms with Gasteiger partial charge in [0.05, 0.1) is 6.54 Å². The molecule has 0 fully saturated rings. The number of hydrogen-bond acceptors (Lipinski definition) is 7. The normalized spacial score (nSPS) is 9.84. The quantitative estimate of drug-likeness (QED) is 0.285. The number of carbonyl (C=O) groups excluding carboxylic acids is 2. The van der Waals surface area contributed by atoms with Crippen molar-refractivity contribution in [3.05, 3.63) is 0 Å². The fourth-order valence-corrected chi connectivity index (χ4v) is 4.02. The molecule has 110 valence electrons. The average Bonchev–Trinajstić information content (AvgIpc) is 2.37. The predicted molar refractivity (Wildman–Crippen MR) is 71.5 cm³/mol. The summed E-state index contributed by atoms with van der Waals surface area (Å²) in [6.45, 7) is 7.93. The van der Waals surface area contributed by atoms with Crippen LogP contribution in [0.25, 0.3) is 0 Å². The fraction of sp³-hybridized carbons (Fsp3) is 0.818. The van der Waals surface area contributed by atoms with E-state index in [1.165, 1.54) is 6.08 Å². The summed E-state index contributed by atoms with van der Waals surface area (Å²) in [4.78, 5) is 21.8. The molecule has 0 unspecified atom stereocenters. The lowest BCUT2D eigenvalue weighted by Gasteiger charge is -2.28. The van der Waals surface area contributed by atoms with Crippen LogP contribution in [0.15, 0.2) is 4.99 Å². The number of rotatable bonds is 10. The Morgan fingerprint density at radius 3 is 1.79 bits per heavy atom. The molecule has 0 amide bonds. The van der Waals surface area contributed by atoms with Gasteiger partial charge in [-0.2, -0.15) is 0 Å². The zero-order valence-corrected chi connectivity index (χ0v) is 12.7. The van der Waals surface area contributed by atoms with Gasteiger partial charge in [0.25, 0.3) is 0 Å². The molecule has 0 rings (SSSR count). The molecule has 0 atom stereocenters. The van der Waals surface area contributed by atoms with Gasteiger partial charge in [0.2, 0.25) is 12.2 Å². The third kappa shape index (κ3) is 11.7. The van der Waals surface area contributed by atoms with Crippen molar-refractivity contribution in [2.75, 3.05) is 26.4 Å². The minimum atomic E-state index is -2.54. The molecular formula is C11H22N2O5Si. The minimum absolute atomic E-state index is 0.450. The van der Waals surface area contributed by atoms with Crippen molar-refractivity contribution in [1.82, 2.24) is 0 Å². The highest BCUT2D eigenvalue weighted by Gasteiger charge is 2.39. The number of isocyanates is 2. The number of nitrogens with one attached hydrogen (secondary N) is 1. The van der Waals surface area contributed by atoms with Crippen LogP contribution in [0.4, 0.5) is 0 Å². The van der Waals surface area contributed by atoms with Crippen molar-refractivity contribution < 1.29 is 22.9 Å². The molecule has 0 aliphatic carbocycles. The van der Waals surface area contributed by atoms with E-state index in [-0.39, 0.29) is 0 Å². The maximum atomic E-state index is 9.93. The van der Waals surface area contributed by atoms with Crippen LogP contribution < -0.4 is 0 Å². The van der Waals surface area contributed by atoms with Crippen LogP contribution in [0, 0.1) is 5.41 Å². The van der Waals surface area contributed by atoms with E-state index in [0.717, 1.165) is 12.5 Å². The summed E-state index contributed by atoms with van der Waals surface area (Å²) in [5, 5.41) is 5.40. The smallest absolute Gasteiger partial charge is 0.374 e. The molecule has 0 aromatic heterocycles. The first-order chi connectivity index (χ1) is 9.16. The highest BCUT2D eigenvalue weighted by Crippen LogP contribution is 2.17. The molecule has 0 aromatic carbocycles. The topological polar surface area (TPSA) is 98.0 Å². The molecule has 0 heterocycles. The van der Waals surface area contributed by atoms with Gasteiger partial charge in [-0.3, -0.25) is 0 Å². The van der Waals surface area contributed by atoms with E-state index in [0.29, 0.717) is 32.4 Å². The highest BCUT2D eigenvalue weighted by atomic mass is 28.4. The van der Waals surface area contributed by atoms with Gasteiger partial charge < -0.3 is 13.3 Å². The van der Waals surface area contributed by atoms with Crippen LogP contribution in [0.5, 0.6) is 0 Å². The second-order valence-corrected chi connectivity index (χ2v) is 5.89. The Labute approximate surface area is 114 Å². The fourth-order valence-electron chi connectivity index (χ4n) is 1.42. The first-order valence-corrected chi connectivity index (χ1v) is 8.08. The SMILES string of the molecule is CCO[Si](CCCN=C=O)(OCC)OCC.N=C=O. The molecule has 0 aromatic rings. The van der Waals surface area contributed by atoms with Gasteiger partial charge in [0.15, 0.2) is 0 Å². The first kappa shape index (κ1) is 20.2. The molecule has 8 heteroatoms. The third-order valence-electron chi connectivity index (χ3n) is 1.91. The maximum Gasteiger partial charge on any atom is 0.500 e. The molecule has 0 radical (unpaired) electrons. The molecule has 1 N–H and O–H groups in total. The van der Waals surface area contributed by atoms with E-state index < -0.39 is 8.80 Å². The van der Waals surface area contributed by atoms with Crippen molar-refractivity contribution in [1.29, 1.82) is 5.41 Å². The van der Waals surface area contributed by atoms with Gasteiger partial charge in [-0.15, -0.1) is 0 Å². The van der Waals surface area contributed by atoms with Crippen molar-refractivity contribution in [3.8, 4) is 0 Å². The van der Waals surface area contributed by atoms with Crippen LogP contribution in [-0.2, 0) is 22.9 Å². The predicted octanol–water partition coefficient (Wildman–Crippen LogP) is 1.66. The van der Waals surface area contributed by atoms with Gasteiger partial charge in [-0.1, -0.05) is 0 Å². The minimum Gasteiger partial charge on any atom is -0.374 e. The molecule has 0 saturated heterocycles. The van der Waals surface area contributed by atoms with Crippen molar-refractivity contribution in [3.63, 3.8) is 0 Å². The molecule has 7 nitrogen and oxygen atoms in total. The summed E-state index contributed by atoms with van der Waals surface area (Å²) in [6, 6.07) is 0.688. The Hall–Kier alpha value is -1.14. The van der Waals surface area contributed by atoms with Crippen molar-refractivity contribution >= 4 is 21.0 Å². The summed E-state index contributed by atoms with van der Waals surface area (Å²) in [5.41, 5.74) is 0. The number of nitrogens with zero attached hydrogens (tertiary/aromatic N) is 1. The molecular weight excluding hydrogens is 268 g/mol. The second kappa shape index (κ2) is 14.9. The molecule has 0 saturated carbocycles. The standard InChI is InChI=1S/C10H21NO4Si.CHNO/c1-4-13-16(14-5-2,15-6-3)9-7-8-11-10-12;2-1-3/h4-9H2,1-3H3;2H. The van der Waals surface area contributed by atoms with Crippen LogP contribution in [0.3, 0.4) is 0 Å². The zero-order valence-electron chi connectivity index (χ0n) is 11.7. The van der Waals surface area contributed by atoms with Crippen LogP contribution >= 0.6 is 0 Å². The Bertz CT molecular complexity index is 272. The second-order valence-electron chi connectivity index (χ2n) is 3.16. The van der Waals surface area contributed by atoms with E-state index in [9.17, 15) is 4.79 Å². The van der Waals surface area contributed by atoms with E-state index >= 15 is 0 Å². The van der Waals surface area contributed by atoms with Crippen LogP contribution in [-0.4, -0.2) is 47.3 Å². The summed E-state index contributed by atoms with van der Waals surface area (Å²) in [7, 11) is -2.54. The number of aliphatic imine (C=N–C) groups is 1. The summed E-state index contributed by atoms with van der Waals surface area (Å²) < 4.78 is 16.9. The monoisotopic (exact) mass is 290 g/mol. The average molecular weight is 290 g/mol. The Morgan fingerprint density at radius 2 is 1.47 bits per heavy atom. The lowest BCUT2D eigenvalue weighted by molar-refractivity contribution is 0.0710. The Balaban J connectivity index is 0. The van der Waals surface area contributed by atoms with E-state index in [1.54, 1.807) is 0 Å². The summed E-state index contributed by atoms with van der Waals surface area (Å²) >= 11 is 0. The Morgan fingerprint density at radius 1 is 1.05 bits per heavy atom. The van der Waals surface area contributed by atoms with E-state index in [4.69, 9.17) is 23.5 Å². The molecule has 0 aliphatic rings. The van der Waals surface area contributed by atoms with Gasteiger partial charge in [0, 0.05) is 25.9 Å². The van der Waals surface area contributed by atoms with Gasteiger partial charge in [-0.25, -0.2) is 20.0 Å². The molecule has 19 heavy (non-hydrogen) atoms. The molecule has 0 bridgehead atoms. The maximum absolute atomic E-state index is 9.93. The van der Waals surface area contributed by atoms with E-state index in [1.807, 2.05) is 20.8 Å². The van der Waals surface area contributed by atoms with Crippen LogP contribution in [0.2, 0.25) is 6.04 Å².